The van der Waals surface area contributed by atoms with Crippen LogP contribution in [0.15, 0.2) is 12.2 Å². The van der Waals surface area contributed by atoms with Gasteiger partial charge in [0.25, 0.3) is 5.24 Å². The molecule has 0 heterocycles. The lowest BCUT2D eigenvalue weighted by Gasteiger charge is -2.23. The summed E-state index contributed by atoms with van der Waals surface area (Å²) in [6.45, 7) is 9.16. The van der Waals surface area contributed by atoms with E-state index in [1.807, 2.05) is 25.1 Å². The minimum absolute atomic E-state index is 0.0267. The normalized spacial score (nSPS) is 12.1. The average molecular weight is 683 g/mol. The number of thioether (sulfide) groups is 1. The summed E-state index contributed by atoms with van der Waals surface area (Å²) >= 11 is 1.37. The topological polar surface area (TPSA) is 76.1 Å². The lowest BCUT2D eigenvalue weighted by molar-refractivity contribution is -0.150. The maximum atomic E-state index is 13.0. The number of allylic oxidation sites excluding steroid dienone is 1. The van der Waals surface area contributed by atoms with Gasteiger partial charge in [-0.15, -0.1) is 0 Å². The number of ether oxygens (including phenoxy) is 2. The fraction of sp³-hybridized carbons (Fsp3) is 0.872. The summed E-state index contributed by atoms with van der Waals surface area (Å²) in [5.74, 6) is 0.516. The number of amides is 1. The molecule has 0 aromatic rings. The van der Waals surface area contributed by atoms with Gasteiger partial charge in [0, 0.05) is 38.2 Å². The van der Waals surface area contributed by atoms with Gasteiger partial charge >= 0.3 is 11.9 Å². The Morgan fingerprint density at radius 3 is 1.87 bits per heavy atom. The highest BCUT2D eigenvalue weighted by Crippen LogP contribution is 2.18. The second kappa shape index (κ2) is 34.3. The van der Waals surface area contributed by atoms with Gasteiger partial charge in [0.1, 0.15) is 12.7 Å². The van der Waals surface area contributed by atoms with Gasteiger partial charge in [-0.25, -0.2) is 0 Å². The van der Waals surface area contributed by atoms with E-state index in [2.05, 4.69) is 31.7 Å². The van der Waals surface area contributed by atoms with E-state index in [1.54, 1.807) is 0 Å². The Hall–Kier alpha value is -1.54. The van der Waals surface area contributed by atoms with Crippen LogP contribution in [-0.2, 0) is 19.1 Å². The van der Waals surface area contributed by atoms with Crippen molar-refractivity contribution in [3.8, 4) is 0 Å². The molecule has 47 heavy (non-hydrogen) atoms. The Bertz CT molecular complexity index is 776. The first-order valence-corrected chi connectivity index (χ1v) is 20.4. The van der Waals surface area contributed by atoms with Crippen molar-refractivity contribution in [1.29, 1.82) is 0 Å². The molecule has 0 aromatic heterocycles. The molecule has 1 amide bonds. The predicted octanol–water partition coefficient (Wildman–Crippen LogP) is 10.7. The molecule has 0 aliphatic rings. The third kappa shape index (κ3) is 31.5. The summed E-state index contributed by atoms with van der Waals surface area (Å²) in [4.78, 5) is 41.9. The summed E-state index contributed by atoms with van der Waals surface area (Å²) in [5.41, 5.74) is 0. The molecule has 0 rings (SSSR count). The molecule has 0 N–H and O–H groups in total. The molecule has 1 unspecified atom stereocenters. The molecule has 0 aromatic carbocycles. The van der Waals surface area contributed by atoms with Crippen LogP contribution >= 0.6 is 11.8 Å². The smallest absolute Gasteiger partial charge is 0.306 e. The van der Waals surface area contributed by atoms with E-state index in [-0.39, 0.29) is 23.3 Å². The molecule has 0 saturated carbocycles. The molecule has 0 spiro atoms. The largest absolute Gasteiger partial charge is 0.462 e. The Kier molecular flexibility index (Phi) is 33.2. The Morgan fingerprint density at radius 1 is 0.617 bits per heavy atom. The fourth-order valence-electron chi connectivity index (χ4n) is 5.41. The van der Waals surface area contributed by atoms with Gasteiger partial charge in [-0.3, -0.25) is 14.4 Å². The molecule has 0 aliphatic carbocycles. The maximum Gasteiger partial charge on any atom is 0.306 e. The van der Waals surface area contributed by atoms with Crippen LogP contribution in [0, 0.1) is 0 Å². The SMILES string of the molecule is CCCCCC/C=C\COC(=O)CCCCCCCN(CCCC(=O)OC(CCCCC)CCCCCCC)C(=O)SCCN(C)C. The summed E-state index contributed by atoms with van der Waals surface area (Å²) in [7, 11) is 4.03. The third-order valence-corrected chi connectivity index (χ3v) is 9.32. The lowest BCUT2D eigenvalue weighted by Crippen LogP contribution is -2.31. The van der Waals surface area contributed by atoms with E-state index in [0.29, 0.717) is 39.0 Å². The lowest BCUT2D eigenvalue weighted by atomic mass is 10.0. The Labute approximate surface area is 294 Å². The average Bonchev–Trinajstić information content (AvgIpc) is 3.04. The predicted molar refractivity (Wildman–Crippen MR) is 201 cm³/mol. The monoisotopic (exact) mass is 683 g/mol. The first kappa shape index (κ1) is 45.5. The number of unbranched alkanes of at least 4 members (excludes halogenated alkanes) is 14. The van der Waals surface area contributed by atoms with Crippen LogP contribution in [0.4, 0.5) is 4.79 Å². The van der Waals surface area contributed by atoms with Gasteiger partial charge < -0.3 is 19.3 Å². The quantitative estimate of drug-likeness (QED) is 0.0387. The molecule has 0 aliphatic heterocycles. The molecular formula is C39H74N2O5S. The number of hydrogen-bond acceptors (Lipinski definition) is 7. The molecule has 1 atom stereocenters. The first-order valence-electron chi connectivity index (χ1n) is 19.4. The molecule has 7 nitrogen and oxygen atoms in total. The van der Waals surface area contributed by atoms with Gasteiger partial charge in [-0.05, 0) is 71.9 Å². The standard InChI is InChI=1S/C39H74N2O5S/c1-6-9-12-14-15-20-25-34-45-37(42)29-23-18-16-19-24-31-41(39(44)47-35-33-40(4)5)32-26-30-38(43)46-36(27-21-11-8-3)28-22-17-13-10-7-2/h20,25,36H,6-19,21-24,26-35H2,1-5H3/b25-20-. The summed E-state index contributed by atoms with van der Waals surface area (Å²) in [6.07, 6.45) is 27.9. The van der Waals surface area contributed by atoms with Crippen LogP contribution in [0.2, 0.25) is 0 Å². The highest BCUT2D eigenvalue weighted by atomic mass is 32.2. The van der Waals surface area contributed by atoms with Crippen molar-refractivity contribution in [2.45, 2.75) is 175 Å². The zero-order valence-electron chi connectivity index (χ0n) is 31.4. The van der Waals surface area contributed by atoms with Crippen molar-refractivity contribution < 1.29 is 23.9 Å². The van der Waals surface area contributed by atoms with Crippen LogP contribution in [0.5, 0.6) is 0 Å². The number of carbonyl (C=O) groups excluding carboxylic acids is 3. The molecular weight excluding hydrogens is 609 g/mol. The second-order valence-corrected chi connectivity index (χ2v) is 14.4. The van der Waals surface area contributed by atoms with E-state index >= 15 is 0 Å². The number of esters is 2. The summed E-state index contributed by atoms with van der Waals surface area (Å²) in [5, 5.41) is 0.0995. The molecule has 276 valence electrons. The Morgan fingerprint density at radius 2 is 1.17 bits per heavy atom. The van der Waals surface area contributed by atoms with Crippen molar-refractivity contribution in [2.75, 3.05) is 46.1 Å². The van der Waals surface area contributed by atoms with Gasteiger partial charge in [-0.1, -0.05) is 122 Å². The molecule has 0 bridgehead atoms. The fourth-order valence-corrected chi connectivity index (χ4v) is 6.41. The van der Waals surface area contributed by atoms with Crippen LogP contribution in [0.25, 0.3) is 0 Å². The van der Waals surface area contributed by atoms with Crippen molar-refractivity contribution >= 4 is 28.9 Å². The number of rotatable bonds is 33. The summed E-state index contributed by atoms with van der Waals surface area (Å²) in [6, 6.07) is 0. The van der Waals surface area contributed by atoms with Crippen LogP contribution in [0.1, 0.15) is 168 Å². The first-order chi connectivity index (χ1) is 22.8. The zero-order valence-corrected chi connectivity index (χ0v) is 32.2. The van der Waals surface area contributed by atoms with Crippen molar-refractivity contribution in [3.63, 3.8) is 0 Å². The second-order valence-electron chi connectivity index (χ2n) is 13.3. The van der Waals surface area contributed by atoms with E-state index in [9.17, 15) is 14.4 Å². The molecule has 8 heteroatoms. The van der Waals surface area contributed by atoms with Gasteiger partial charge in [0.2, 0.25) is 0 Å². The summed E-state index contributed by atoms with van der Waals surface area (Å²) < 4.78 is 11.3. The number of carbonyl (C=O) groups is 3. The van der Waals surface area contributed by atoms with Crippen LogP contribution < -0.4 is 0 Å². The number of hydrogen-bond donors (Lipinski definition) is 0. The van der Waals surface area contributed by atoms with Crippen molar-refractivity contribution in [3.05, 3.63) is 12.2 Å². The van der Waals surface area contributed by atoms with E-state index in [4.69, 9.17) is 9.47 Å². The van der Waals surface area contributed by atoms with Gasteiger partial charge in [0.05, 0.1) is 0 Å². The van der Waals surface area contributed by atoms with Crippen LogP contribution in [0.3, 0.4) is 0 Å². The molecule has 0 saturated heterocycles. The highest BCUT2D eigenvalue weighted by molar-refractivity contribution is 8.13. The van der Waals surface area contributed by atoms with Gasteiger partial charge in [0.15, 0.2) is 0 Å². The highest BCUT2D eigenvalue weighted by Gasteiger charge is 2.17. The Balaban J connectivity index is 4.47. The molecule has 0 radical (unpaired) electrons. The minimum atomic E-state index is -0.121. The van der Waals surface area contributed by atoms with E-state index < -0.39 is 0 Å². The third-order valence-electron chi connectivity index (χ3n) is 8.43. The van der Waals surface area contributed by atoms with Gasteiger partial charge in [-0.2, -0.15) is 0 Å². The van der Waals surface area contributed by atoms with E-state index in [1.165, 1.54) is 76.0 Å². The minimum Gasteiger partial charge on any atom is -0.462 e. The molecule has 0 fully saturated rings. The number of nitrogens with zero attached hydrogens (tertiary/aromatic N) is 2. The van der Waals surface area contributed by atoms with Crippen molar-refractivity contribution in [1.82, 2.24) is 9.80 Å². The van der Waals surface area contributed by atoms with Crippen LogP contribution in [-0.4, -0.2) is 79.2 Å². The zero-order chi connectivity index (χ0) is 34.8. The van der Waals surface area contributed by atoms with Crippen molar-refractivity contribution in [2.24, 2.45) is 0 Å². The maximum absolute atomic E-state index is 13.0. The van der Waals surface area contributed by atoms with E-state index in [0.717, 1.165) is 76.5 Å².